The van der Waals surface area contributed by atoms with Gasteiger partial charge in [-0.2, -0.15) is 0 Å². The van der Waals surface area contributed by atoms with Gasteiger partial charge in [-0.15, -0.1) is 0 Å². The zero-order valence-corrected chi connectivity index (χ0v) is 11.0. The molecule has 1 aromatic carbocycles. The highest BCUT2D eigenvalue weighted by Gasteiger charge is 2.02. The molecule has 3 nitrogen and oxygen atoms in total. The number of rotatable bonds is 5. The summed E-state index contributed by atoms with van der Waals surface area (Å²) in [6, 6.07) is 10.8. The van der Waals surface area contributed by atoms with Crippen LogP contribution < -0.4 is 5.32 Å². The predicted octanol–water partition coefficient (Wildman–Crippen LogP) is 2.40. The van der Waals surface area contributed by atoms with E-state index in [-0.39, 0.29) is 6.61 Å². The van der Waals surface area contributed by atoms with Crippen LogP contribution in [-0.4, -0.2) is 22.7 Å². The van der Waals surface area contributed by atoms with Crippen molar-refractivity contribution < 1.29 is 5.11 Å². The lowest BCUT2D eigenvalue weighted by atomic mass is 10.1. The normalized spacial score (nSPS) is 12.8. The van der Waals surface area contributed by atoms with Gasteiger partial charge in [0.2, 0.25) is 0 Å². The van der Waals surface area contributed by atoms with E-state index in [1.165, 1.54) is 10.9 Å². The molecule has 2 rings (SSSR count). The maximum absolute atomic E-state index is 8.85. The number of nitrogens with one attached hydrogen (secondary N) is 1. The lowest BCUT2D eigenvalue weighted by molar-refractivity contribution is 0.268. The minimum Gasteiger partial charge on any atom is -0.396 e. The third-order valence-electron chi connectivity index (χ3n) is 3.11. The number of fused-ring (bicyclic) bond motifs is 1. The largest absolute Gasteiger partial charge is 0.396 e. The van der Waals surface area contributed by atoms with Crippen LogP contribution in [-0.2, 0) is 6.54 Å². The van der Waals surface area contributed by atoms with Crippen LogP contribution in [0.4, 0.5) is 0 Å². The maximum atomic E-state index is 8.85. The average molecular weight is 244 g/mol. The number of hydrogen-bond acceptors (Lipinski definition) is 3. The Labute approximate surface area is 108 Å². The molecule has 0 saturated carbocycles. The zero-order chi connectivity index (χ0) is 13.0. The monoisotopic (exact) mass is 244 g/mol. The van der Waals surface area contributed by atoms with Crippen LogP contribution in [0.3, 0.4) is 0 Å². The van der Waals surface area contributed by atoms with Gasteiger partial charge in [0.15, 0.2) is 0 Å². The fourth-order valence-electron chi connectivity index (χ4n) is 1.97. The molecule has 0 fully saturated rings. The van der Waals surface area contributed by atoms with Gasteiger partial charge in [0.25, 0.3) is 0 Å². The van der Waals surface area contributed by atoms with E-state index in [0.717, 1.165) is 24.2 Å². The Morgan fingerprint density at radius 1 is 1.28 bits per heavy atom. The molecule has 1 unspecified atom stereocenters. The molecule has 0 aliphatic rings. The van der Waals surface area contributed by atoms with E-state index in [0.29, 0.717) is 6.04 Å². The molecular weight excluding hydrogens is 224 g/mol. The van der Waals surface area contributed by atoms with E-state index in [4.69, 9.17) is 5.11 Å². The van der Waals surface area contributed by atoms with Crippen molar-refractivity contribution in [2.75, 3.05) is 6.61 Å². The fraction of sp³-hybridized carbons (Fsp3) is 0.400. The molecule has 2 N–H and O–H groups in total. The van der Waals surface area contributed by atoms with Gasteiger partial charge in [0.05, 0.1) is 5.52 Å². The highest BCUT2D eigenvalue weighted by Crippen LogP contribution is 2.14. The number of pyridine rings is 1. The van der Waals surface area contributed by atoms with Gasteiger partial charge >= 0.3 is 0 Å². The molecule has 3 heteroatoms. The van der Waals surface area contributed by atoms with E-state index < -0.39 is 0 Å². The summed E-state index contributed by atoms with van der Waals surface area (Å²) in [5.74, 6) is 0. The quantitative estimate of drug-likeness (QED) is 0.849. The minimum absolute atomic E-state index is 0.231. The first-order chi connectivity index (χ1) is 8.69. The van der Waals surface area contributed by atoms with Crippen LogP contribution in [0.1, 0.15) is 24.6 Å². The van der Waals surface area contributed by atoms with E-state index >= 15 is 0 Å². The molecule has 0 bridgehead atoms. The molecule has 0 saturated heterocycles. The predicted molar refractivity (Wildman–Crippen MR) is 74.5 cm³/mol. The van der Waals surface area contributed by atoms with Gasteiger partial charge in [0.1, 0.15) is 0 Å². The first-order valence-corrected chi connectivity index (χ1v) is 6.39. The number of nitrogens with zero attached hydrogens (tertiary/aromatic N) is 1. The van der Waals surface area contributed by atoms with E-state index in [1.807, 2.05) is 13.0 Å². The average Bonchev–Trinajstić information content (AvgIpc) is 2.36. The fourth-order valence-corrected chi connectivity index (χ4v) is 1.97. The van der Waals surface area contributed by atoms with Gasteiger partial charge < -0.3 is 10.4 Å². The summed E-state index contributed by atoms with van der Waals surface area (Å²) in [4.78, 5) is 4.49. The Hall–Kier alpha value is -1.45. The Kier molecular flexibility index (Phi) is 4.28. The minimum atomic E-state index is 0.231. The summed E-state index contributed by atoms with van der Waals surface area (Å²) >= 11 is 0. The van der Waals surface area contributed by atoms with Crippen molar-refractivity contribution in [3.8, 4) is 0 Å². The molecule has 0 amide bonds. The molecular formula is C15H20N2O. The second-order valence-electron chi connectivity index (χ2n) is 4.77. The van der Waals surface area contributed by atoms with Crippen molar-refractivity contribution in [2.45, 2.75) is 32.9 Å². The highest BCUT2D eigenvalue weighted by molar-refractivity contribution is 5.79. The van der Waals surface area contributed by atoms with Crippen LogP contribution in [0, 0.1) is 6.92 Å². The van der Waals surface area contributed by atoms with Crippen molar-refractivity contribution in [1.29, 1.82) is 0 Å². The smallest absolute Gasteiger partial charge is 0.0705 e. The summed E-state index contributed by atoms with van der Waals surface area (Å²) in [5, 5.41) is 13.4. The lowest BCUT2D eigenvalue weighted by Gasteiger charge is -2.12. The number of aliphatic hydroxyl groups excluding tert-OH is 1. The van der Waals surface area contributed by atoms with Crippen molar-refractivity contribution in [3.05, 3.63) is 41.6 Å². The van der Waals surface area contributed by atoms with Crippen LogP contribution >= 0.6 is 0 Å². The van der Waals surface area contributed by atoms with Gasteiger partial charge in [-0.25, -0.2) is 0 Å². The SMILES string of the molecule is Cc1ccc2cc(CNC(C)CCO)ccc2n1. The molecule has 1 heterocycles. The number of aromatic nitrogens is 1. The van der Waals surface area contributed by atoms with Crippen LogP contribution in [0.25, 0.3) is 10.9 Å². The molecule has 1 atom stereocenters. The Balaban J connectivity index is 2.08. The van der Waals surface area contributed by atoms with E-state index in [1.54, 1.807) is 0 Å². The summed E-state index contributed by atoms with van der Waals surface area (Å²) < 4.78 is 0. The van der Waals surface area contributed by atoms with Gasteiger partial charge in [0, 0.05) is 30.3 Å². The Morgan fingerprint density at radius 2 is 2.11 bits per heavy atom. The zero-order valence-electron chi connectivity index (χ0n) is 11.0. The Bertz CT molecular complexity index is 525. The molecule has 2 aromatic rings. The van der Waals surface area contributed by atoms with Crippen LogP contribution in [0.5, 0.6) is 0 Å². The van der Waals surface area contributed by atoms with Crippen LogP contribution in [0.15, 0.2) is 30.3 Å². The summed E-state index contributed by atoms with van der Waals surface area (Å²) in [6.07, 6.45) is 0.786. The van der Waals surface area contributed by atoms with E-state index in [9.17, 15) is 0 Å². The third kappa shape index (κ3) is 3.28. The first kappa shape index (κ1) is 13.0. The number of benzene rings is 1. The molecule has 0 aliphatic carbocycles. The Morgan fingerprint density at radius 3 is 2.89 bits per heavy atom. The topological polar surface area (TPSA) is 45.1 Å². The highest BCUT2D eigenvalue weighted by atomic mass is 16.3. The molecule has 0 aliphatic heterocycles. The molecule has 0 radical (unpaired) electrons. The van der Waals surface area contributed by atoms with Crippen molar-refractivity contribution >= 4 is 10.9 Å². The summed E-state index contributed by atoms with van der Waals surface area (Å²) in [5.41, 5.74) is 3.34. The number of hydrogen-bond donors (Lipinski definition) is 2. The molecule has 96 valence electrons. The molecule has 1 aromatic heterocycles. The second kappa shape index (κ2) is 5.94. The van der Waals surface area contributed by atoms with E-state index in [2.05, 4.69) is 41.5 Å². The first-order valence-electron chi connectivity index (χ1n) is 6.39. The lowest BCUT2D eigenvalue weighted by Crippen LogP contribution is -2.26. The number of aliphatic hydroxyl groups is 1. The maximum Gasteiger partial charge on any atom is 0.0705 e. The van der Waals surface area contributed by atoms with Crippen molar-refractivity contribution in [3.63, 3.8) is 0 Å². The molecule has 18 heavy (non-hydrogen) atoms. The number of aryl methyl sites for hydroxylation is 1. The second-order valence-corrected chi connectivity index (χ2v) is 4.77. The summed E-state index contributed by atoms with van der Waals surface area (Å²) in [7, 11) is 0. The van der Waals surface area contributed by atoms with Gasteiger partial charge in [-0.3, -0.25) is 4.98 Å². The van der Waals surface area contributed by atoms with Gasteiger partial charge in [-0.05, 0) is 44.0 Å². The van der Waals surface area contributed by atoms with Crippen LogP contribution in [0.2, 0.25) is 0 Å². The van der Waals surface area contributed by atoms with Crippen molar-refractivity contribution in [1.82, 2.24) is 10.3 Å². The van der Waals surface area contributed by atoms with Crippen molar-refractivity contribution in [2.24, 2.45) is 0 Å². The summed E-state index contributed by atoms with van der Waals surface area (Å²) in [6.45, 7) is 5.15. The van der Waals surface area contributed by atoms with Gasteiger partial charge in [-0.1, -0.05) is 12.1 Å². The standard InChI is InChI=1S/C15H20N2O/c1-11(7-8-18)16-10-13-4-6-15-14(9-13)5-3-12(2)17-15/h3-6,9,11,16,18H,7-8,10H2,1-2H3. The molecule has 0 spiro atoms. The third-order valence-corrected chi connectivity index (χ3v) is 3.11.